The van der Waals surface area contributed by atoms with Gasteiger partial charge in [-0.05, 0) is 30.7 Å². The van der Waals surface area contributed by atoms with Crippen LogP contribution in [-0.4, -0.2) is 17.4 Å². The Hall–Kier alpha value is -2.43. The predicted molar refractivity (Wildman–Crippen MR) is 77.4 cm³/mol. The van der Waals surface area contributed by atoms with E-state index in [9.17, 15) is 9.18 Å². The third kappa shape index (κ3) is 3.54. The molecule has 0 saturated carbocycles. The largest absolute Gasteiger partial charge is 0.384 e. The molecule has 2 aromatic rings. The van der Waals surface area contributed by atoms with E-state index in [-0.39, 0.29) is 5.91 Å². The van der Waals surface area contributed by atoms with Gasteiger partial charge in [-0.15, -0.1) is 0 Å². The number of nitrogens with one attached hydrogen (secondary N) is 2. The molecule has 0 aliphatic carbocycles. The molecule has 1 heterocycles. The van der Waals surface area contributed by atoms with Crippen LogP contribution in [0.5, 0.6) is 0 Å². The molecule has 0 atom stereocenters. The molecular weight excluding hydrogens is 257 g/mol. The molecule has 0 spiro atoms. The standard InChI is InChI=1S/C15H16FN3O/c1-2-7-18-14-6-8-17-10-13(14)15(20)19-12-5-3-4-11(16)9-12/h3-6,8-10H,2,7H2,1H3,(H,17,18)(H,19,20). The van der Waals surface area contributed by atoms with Crippen molar-refractivity contribution in [1.82, 2.24) is 4.98 Å². The number of rotatable bonds is 5. The van der Waals surface area contributed by atoms with Gasteiger partial charge in [0.25, 0.3) is 5.91 Å². The van der Waals surface area contributed by atoms with Crippen molar-refractivity contribution in [3.63, 3.8) is 0 Å². The number of amides is 1. The number of aromatic nitrogens is 1. The first-order chi connectivity index (χ1) is 9.70. The van der Waals surface area contributed by atoms with Gasteiger partial charge in [-0.2, -0.15) is 0 Å². The summed E-state index contributed by atoms with van der Waals surface area (Å²) < 4.78 is 13.1. The zero-order valence-corrected chi connectivity index (χ0v) is 11.2. The van der Waals surface area contributed by atoms with Gasteiger partial charge in [0.2, 0.25) is 0 Å². The van der Waals surface area contributed by atoms with Crippen molar-refractivity contribution < 1.29 is 9.18 Å². The average Bonchev–Trinajstić information content (AvgIpc) is 2.45. The van der Waals surface area contributed by atoms with Crippen LogP contribution in [0.2, 0.25) is 0 Å². The van der Waals surface area contributed by atoms with Crippen LogP contribution < -0.4 is 10.6 Å². The maximum Gasteiger partial charge on any atom is 0.259 e. The van der Waals surface area contributed by atoms with Crippen LogP contribution in [0.4, 0.5) is 15.8 Å². The summed E-state index contributed by atoms with van der Waals surface area (Å²) in [6.07, 6.45) is 4.07. The minimum Gasteiger partial charge on any atom is -0.384 e. The molecule has 0 aliphatic heterocycles. The molecule has 1 aromatic heterocycles. The fraction of sp³-hybridized carbons (Fsp3) is 0.200. The summed E-state index contributed by atoms with van der Waals surface area (Å²) in [5.41, 5.74) is 1.57. The van der Waals surface area contributed by atoms with Crippen molar-refractivity contribution in [3.05, 3.63) is 54.1 Å². The van der Waals surface area contributed by atoms with Gasteiger partial charge in [-0.25, -0.2) is 4.39 Å². The summed E-state index contributed by atoms with van der Waals surface area (Å²) in [7, 11) is 0. The van der Waals surface area contributed by atoms with Gasteiger partial charge in [0.05, 0.1) is 11.3 Å². The third-order valence-electron chi connectivity index (χ3n) is 2.71. The Morgan fingerprint density at radius 3 is 2.95 bits per heavy atom. The Kier molecular flexibility index (Phi) is 4.65. The Morgan fingerprint density at radius 1 is 1.35 bits per heavy atom. The van der Waals surface area contributed by atoms with E-state index in [1.54, 1.807) is 24.4 Å². The second kappa shape index (κ2) is 6.65. The van der Waals surface area contributed by atoms with Crippen molar-refractivity contribution in [2.75, 3.05) is 17.2 Å². The van der Waals surface area contributed by atoms with Crippen molar-refractivity contribution >= 4 is 17.3 Å². The molecule has 2 N–H and O–H groups in total. The highest BCUT2D eigenvalue weighted by molar-refractivity contribution is 6.07. The van der Waals surface area contributed by atoms with E-state index >= 15 is 0 Å². The first-order valence-corrected chi connectivity index (χ1v) is 6.45. The normalized spacial score (nSPS) is 10.1. The van der Waals surface area contributed by atoms with E-state index in [0.29, 0.717) is 11.3 Å². The van der Waals surface area contributed by atoms with E-state index in [1.165, 1.54) is 18.3 Å². The van der Waals surface area contributed by atoms with Crippen LogP contribution in [0.15, 0.2) is 42.7 Å². The molecule has 104 valence electrons. The second-order valence-electron chi connectivity index (χ2n) is 4.31. The van der Waals surface area contributed by atoms with Gasteiger partial charge in [0.15, 0.2) is 0 Å². The van der Waals surface area contributed by atoms with Crippen molar-refractivity contribution in [2.24, 2.45) is 0 Å². The van der Waals surface area contributed by atoms with E-state index in [4.69, 9.17) is 0 Å². The van der Waals surface area contributed by atoms with E-state index in [0.717, 1.165) is 18.7 Å². The fourth-order valence-corrected chi connectivity index (χ4v) is 1.75. The third-order valence-corrected chi connectivity index (χ3v) is 2.71. The predicted octanol–water partition coefficient (Wildman–Crippen LogP) is 3.29. The maximum absolute atomic E-state index is 13.1. The lowest BCUT2D eigenvalue weighted by Gasteiger charge is -2.11. The van der Waals surface area contributed by atoms with Gasteiger partial charge in [0.1, 0.15) is 5.82 Å². The van der Waals surface area contributed by atoms with E-state index in [2.05, 4.69) is 15.6 Å². The van der Waals surface area contributed by atoms with Crippen molar-refractivity contribution in [2.45, 2.75) is 13.3 Å². The van der Waals surface area contributed by atoms with Gasteiger partial charge in [-0.3, -0.25) is 9.78 Å². The quantitative estimate of drug-likeness (QED) is 0.879. The smallest absolute Gasteiger partial charge is 0.259 e. The molecule has 0 bridgehead atoms. The lowest BCUT2D eigenvalue weighted by molar-refractivity contribution is 0.102. The van der Waals surface area contributed by atoms with Crippen molar-refractivity contribution in [3.8, 4) is 0 Å². The molecular formula is C15H16FN3O. The Balaban J connectivity index is 2.16. The summed E-state index contributed by atoms with van der Waals surface area (Å²) >= 11 is 0. The van der Waals surface area contributed by atoms with Gasteiger partial charge in [0, 0.05) is 24.6 Å². The molecule has 4 nitrogen and oxygen atoms in total. The number of pyridine rings is 1. The zero-order chi connectivity index (χ0) is 14.4. The second-order valence-corrected chi connectivity index (χ2v) is 4.31. The minimum absolute atomic E-state index is 0.317. The van der Waals surface area contributed by atoms with E-state index in [1.807, 2.05) is 6.92 Å². The SMILES string of the molecule is CCCNc1ccncc1C(=O)Nc1cccc(F)c1. The van der Waals surface area contributed by atoms with E-state index < -0.39 is 5.82 Å². The van der Waals surface area contributed by atoms with Crippen LogP contribution in [0.25, 0.3) is 0 Å². The average molecular weight is 273 g/mol. The Labute approximate surface area is 117 Å². The molecule has 5 heteroatoms. The molecule has 0 fully saturated rings. The molecule has 0 aliphatic rings. The van der Waals surface area contributed by atoms with Crippen LogP contribution in [0.1, 0.15) is 23.7 Å². The summed E-state index contributed by atoms with van der Waals surface area (Å²) in [6.45, 7) is 2.81. The number of hydrogen-bond donors (Lipinski definition) is 2. The van der Waals surface area contributed by atoms with Crippen LogP contribution in [0.3, 0.4) is 0 Å². The summed E-state index contributed by atoms with van der Waals surface area (Å²) in [5.74, 6) is -0.708. The highest BCUT2D eigenvalue weighted by atomic mass is 19.1. The minimum atomic E-state index is -0.390. The lowest BCUT2D eigenvalue weighted by atomic mass is 10.2. The molecule has 2 rings (SSSR count). The monoisotopic (exact) mass is 273 g/mol. The summed E-state index contributed by atoms with van der Waals surface area (Å²) in [4.78, 5) is 16.2. The molecule has 20 heavy (non-hydrogen) atoms. The van der Waals surface area contributed by atoms with Gasteiger partial charge >= 0.3 is 0 Å². The molecule has 0 unspecified atom stereocenters. The van der Waals surface area contributed by atoms with Gasteiger partial charge < -0.3 is 10.6 Å². The topological polar surface area (TPSA) is 54.0 Å². The number of hydrogen-bond acceptors (Lipinski definition) is 3. The molecule has 0 radical (unpaired) electrons. The fourth-order valence-electron chi connectivity index (χ4n) is 1.75. The van der Waals surface area contributed by atoms with Crippen molar-refractivity contribution in [1.29, 1.82) is 0 Å². The number of benzene rings is 1. The number of carbonyl (C=O) groups is 1. The van der Waals surface area contributed by atoms with Crippen LogP contribution in [0, 0.1) is 5.82 Å². The Bertz CT molecular complexity index is 601. The zero-order valence-electron chi connectivity index (χ0n) is 11.2. The summed E-state index contributed by atoms with van der Waals surface area (Å²) in [5, 5.41) is 5.82. The highest BCUT2D eigenvalue weighted by Crippen LogP contribution is 2.16. The Morgan fingerprint density at radius 2 is 2.20 bits per heavy atom. The van der Waals surface area contributed by atoms with Crippen LogP contribution in [-0.2, 0) is 0 Å². The molecule has 1 aromatic carbocycles. The number of anilines is 2. The summed E-state index contributed by atoms with van der Waals surface area (Å²) in [6, 6.07) is 7.53. The first kappa shape index (κ1) is 14.0. The van der Waals surface area contributed by atoms with Gasteiger partial charge in [-0.1, -0.05) is 13.0 Å². The molecule has 1 amide bonds. The number of nitrogens with zero attached hydrogens (tertiary/aromatic N) is 1. The van der Waals surface area contributed by atoms with Crippen LogP contribution >= 0.6 is 0 Å². The lowest BCUT2D eigenvalue weighted by Crippen LogP contribution is -2.15. The number of carbonyl (C=O) groups excluding carboxylic acids is 1. The number of halogens is 1. The maximum atomic E-state index is 13.1. The highest BCUT2D eigenvalue weighted by Gasteiger charge is 2.11. The first-order valence-electron chi connectivity index (χ1n) is 6.45. The molecule has 0 saturated heterocycles.